The summed E-state index contributed by atoms with van der Waals surface area (Å²) in [6.07, 6.45) is 1.30. The zero-order valence-electron chi connectivity index (χ0n) is 18.9. The van der Waals surface area contributed by atoms with Gasteiger partial charge in [0.15, 0.2) is 0 Å². The quantitative estimate of drug-likeness (QED) is 0.368. The van der Waals surface area contributed by atoms with E-state index in [1.165, 1.54) is 10.8 Å². The lowest BCUT2D eigenvalue weighted by molar-refractivity contribution is 0.344. The zero-order valence-corrected chi connectivity index (χ0v) is 19.7. The smallest absolute Gasteiger partial charge is 0.254 e. The van der Waals surface area contributed by atoms with Crippen molar-refractivity contribution in [3.63, 3.8) is 0 Å². The second-order valence-corrected chi connectivity index (χ2v) is 9.41. The Hall–Kier alpha value is -2.83. The van der Waals surface area contributed by atoms with Crippen molar-refractivity contribution < 1.29 is 4.42 Å². The topological polar surface area (TPSA) is 62.1 Å². The summed E-state index contributed by atoms with van der Waals surface area (Å²) in [5.41, 5.74) is 2.65. The molecular weight excluding hydrogens is 418 g/mol. The van der Waals surface area contributed by atoms with Gasteiger partial charge in [-0.25, -0.2) is 4.98 Å². The summed E-state index contributed by atoms with van der Waals surface area (Å²) in [6.45, 7) is 2.74. The average molecular weight is 448 g/mol. The molecule has 0 aliphatic carbocycles. The summed E-state index contributed by atoms with van der Waals surface area (Å²) in [5.74, 6) is 4.39. The van der Waals surface area contributed by atoms with Gasteiger partial charge in [0.2, 0.25) is 0 Å². The monoisotopic (exact) mass is 447 g/mol. The molecule has 0 saturated heterocycles. The van der Waals surface area contributed by atoms with E-state index in [0.717, 1.165) is 58.6 Å². The van der Waals surface area contributed by atoms with E-state index in [-0.39, 0.29) is 5.56 Å². The van der Waals surface area contributed by atoms with Crippen LogP contribution >= 0.6 is 11.8 Å². The first-order valence-corrected chi connectivity index (χ1v) is 12.0. The van der Waals surface area contributed by atoms with Crippen LogP contribution in [-0.2, 0) is 25.1 Å². The molecule has 0 aliphatic rings. The fourth-order valence-electron chi connectivity index (χ4n) is 3.87. The molecule has 0 atom stereocenters. The van der Waals surface area contributed by atoms with Gasteiger partial charge in [0.05, 0.1) is 12.3 Å². The largest absolute Gasteiger partial charge is 0.464 e. The van der Waals surface area contributed by atoms with Crippen molar-refractivity contribution in [2.24, 2.45) is 0 Å². The Morgan fingerprint density at radius 2 is 1.81 bits per heavy atom. The van der Waals surface area contributed by atoms with Crippen molar-refractivity contribution in [2.75, 3.05) is 19.8 Å². The molecule has 2 aromatic carbocycles. The maximum Gasteiger partial charge on any atom is 0.254 e. The van der Waals surface area contributed by atoms with E-state index in [1.54, 1.807) is 11.8 Å². The first-order valence-electron chi connectivity index (χ1n) is 10.8. The molecule has 0 fully saturated rings. The number of fused-ring (bicyclic) bond motifs is 1. The number of H-pyrrole nitrogens is 1. The lowest BCUT2D eigenvalue weighted by Crippen LogP contribution is -2.20. The van der Waals surface area contributed by atoms with Gasteiger partial charge in [0, 0.05) is 29.9 Å². The maximum absolute atomic E-state index is 12.8. The number of aryl methyl sites for hydroxylation is 2. The van der Waals surface area contributed by atoms with E-state index in [0.29, 0.717) is 6.42 Å². The number of furan rings is 1. The van der Waals surface area contributed by atoms with Crippen molar-refractivity contribution in [3.05, 3.63) is 99.1 Å². The predicted molar refractivity (Wildman–Crippen MR) is 132 cm³/mol. The van der Waals surface area contributed by atoms with Gasteiger partial charge < -0.3 is 14.3 Å². The van der Waals surface area contributed by atoms with Gasteiger partial charge in [-0.3, -0.25) is 4.79 Å². The molecule has 0 saturated carbocycles. The van der Waals surface area contributed by atoms with Crippen molar-refractivity contribution in [1.29, 1.82) is 0 Å². The third kappa shape index (κ3) is 5.50. The second kappa shape index (κ2) is 10.2. The molecular formula is C26H29N3O2S. The second-order valence-electron chi connectivity index (χ2n) is 8.30. The fourth-order valence-corrected chi connectivity index (χ4v) is 4.71. The van der Waals surface area contributed by atoms with Crippen LogP contribution in [0, 0.1) is 6.92 Å². The minimum absolute atomic E-state index is 0.0372. The maximum atomic E-state index is 12.8. The summed E-state index contributed by atoms with van der Waals surface area (Å²) in [6, 6.07) is 18.6. The first kappa shape index (κ1) is 22.4. The van der Waals surface area contributed by atoms with Crippen LogP contribution in [0.4, 0.5) is 0 Å². The lowest BCUT2D eigenvalue weighted by Gasteiger charge is -2.10. The summed E-state index contributed by atoms with van der Waals surface area (Å²) < 4.78 is 5.85. The highest BCUT2D eigenvalue weighted by Gasteiger charge is 2.11. The molecule has 2 heterocycles. The molecule has 4 rings (SSSR count). The SMILES string of the molecule is Cc1nc(CCSCc2ccc(CN(C)C)o2)[nH]c(=O)c1Cc1cccc2ccccc12. The highest BCUT2D eigenvalue weighted by atomic mass is 32.2. The Balaban J connectivity index is 1.37. The summed E-state index contributed by atoms with van der Waals surface area (Å²) >= 11 is 1.78. The van der Waals surface area contributed by atoms with Crippen LogP contribution in [-0.4, -0.2) is 34.7 Å². The van der Waals surface area contributed by atoms with Gasteiger partial charge in [-0.05, 0) is 49.5 Å². The Morgan fingerprint density at radius 1 is 1.03 bits per heavy atom. The van der Waals surface area contributed by atoms with Crippen LogP contribution in [0.5, 0.6) is 0 Å². The van der Waals surface area contributed by atoms with Crippen molar-refractivity contribution in [2.45, 2.75) is 32.1 Å². The molecule has 0 spiro atoms. The summed E-state index contributed by atoms with van der Waals surface area (Å²) in [7, 11) is 4.06. The molecule has 6 heteroatoms. The Labute approximate surface area is 192 Å². The summed E-state index contributed by atoms with van der Waals surface area (Å²) in [5, 5.41) is 2.37. The van der Waals surface area contributed by atoms with Gasteiger partial charge in [0.25, 0.3) is 5.56 Å². The van der Waals surface area contributed by atoms with Crippen LogP contribution < -0.4 is 5.56 Å². The minimum Gasteiger partial charge on any atom is -0.464 e. The van der Waals surface area contributed by atoms with E-state index < -0.39 is 0 Å². The minimum atomic E-state index is -0.0372. The molecule has 2 aromatic heterocycles. The van der Waals surface area contributed by atoms with Crippen LogP contribution in [0.15, 0.2) is 63.8 Å². The molecule has 1 N–H and O–H groups in total. The zero-order chi connectivity index (χ0) is 22.5. The molecule has 0 aliphatic heterocycles. The van der Waals surface area contributed by atoms with E-state index in [2.05, 4.69) is 34.1 Å². The number of benzene rings is 2. The van der Waals surface area contributed by atoms with Crippen LogP contribution in [0.2, 0.25) is 0 Å². The standard InChI is InChI=1S/C26H29N3O2S/c1-18-24(15-20-9-6-8-19-7-4-5-10-23(19)20)26(30)28-25(27-18)13-14-32-17-22-12-11-21(31-22)16-29(2)3/h4-12H,13-17H2,1-3H3,(H,27,28,30). The average Bonchev–Trinajstić information content (AvgIpc) is 3.20. The normalized spacial score (nSPS) is 11.5. The van der Waals surface area contributed by atoms with E-state index in [9.17, 15) is 4.79 Å². The van der Waals surface area contributed by atoms with Gasteiger partial charge in [0.1, 0.15) is 17.3 Å². The Morgan fingerprint density at radius 3 is 2.62 bits per heavy atom. The molecule has 5 nitrogen and oxygen atoms in total. The Kier molecular flexibility index (Phi) is 7.12. The number of rotatable bonds is 9. The number of hydrogen-bond acceptors (Lipinski definition) is 5. The number of aromatic nitrogens is 2. The molecule has 32 heavy (non-hydrogen) atoms. The highest BCUT2D eigenvalue weighted by molar-refractivity contribution is 7.98. The van der Waals surface area contributed by atoms with Crippen LogP contribution in [0.3, 0.4) is 0 Å². The van der Waals surface area contributed by atoms with Gasteiger partial charge in [-0.15, -0.1) is 0 Å². The number of thioether (sulfide) groups is 1. The number of aromatic amines is 1. The number of nitrogens with zero attached hydrogens (tertiary/aromatic N) is 2. The van der Waals surface area contributed by atoms with Crippen molar-refractivity contribution >= 4 is 22.5 Å². The molecule has 4 aromatic rings. The third-order valence-corrected chi connectivity index (χ3v) is 6.42. The van der Waals surface area contributed by atoms with Gasteiger partial charge >= 0.3 is 0 Å². The molecule has 166 valence electrons. The van der Waals surface area contributed by atoms with Crippen molar-refractivity contribution in [3.8, 4) is 0 Å². The fraction of sp³-hybridized carbons (Fsp3) is 0.308. The Bertz CT molecular complexity index is 1250. The predicted octanol–water partition coefficient (Wildman–Crippen LogP) is 4.95. The van der Waals surface area contributed by atoms with Crippen LogP contribution in [0.25, 0.3) is 10.8 Å². The molecule has 0 unspecified atom stereocenters. The molecule has 0 radical (unpaired) electrons. The van der Waals surface area contributed by atoms with Crippen molar-refractivity contribution in [1.82, 2.24) is 14.9 Å². The van der Waals surface area contributed by atoms with E-state index >= 15 is 0 Å². The third-order valence-electron chi connectivity index (χ3n) is 5.44. The highest BCUT2D eigenvalue weighted by Crippen LogP contribution is 2.21. The van der Waals surface area contributed by atoms with Gasteiger partial charge in [-0.2, -0.15) is 11.8 Å². The summed E-state index contributed by atoms with van der Waals surface area (Å²) in [4.78, 5) is 22.6. The molecule has 0 bridgehead atoms. The van der Waals surface area contributed by atoms with Crippen LogP contribution in [0.1, 0.15) is 34.2 Å². The van der Waals surface area contributed by atoms with Gasteiger partial charge in [-0.1, -0.05) is 42.5 Å². The first-order chi connectivity index (χ1) is 15.5. The van der Waals surface area contributed by atoms with E-state index in [1.807, 2.05) is 51.4 Å². The lowest BCUT2D eigenvalue weighted by atomic mass is 9.98. The molecule has 0 amide bonds. The van der Waals surface area contributed by atoms with E-state index in [4.69, 9.17) is 9.40 Å². The number of nitrogens with one attached hydrogen (secondary N) is 1. The number of hydrogen-bond donors (Lipinski definition) is 1.